The molecule has 7 heteroatoms. The van der Waals surface area contributed by atoms with Crippen LogP contribution >= 0.6 is 0 Å². The molecule has 0 aliphatic heterocycles. The Morgan fingerprint density at radius 2 is 1.50 bits per heavy atom. The normalized spacial score (nSPS) is 12.9. The van der Waals surface area contributed by atoms with E-state index in [0.29, 0.717) is 17.7 Å². The summed E-state index contributed by atoms with van der Waals surface area (Å²) in [5.74, 6) is -0.127. The highest BCUT2D eigenvalue weighted by atomic mass is 19.4. The fraction of sp³-hybridized carbons (Fsp3) is 0.333. The van der Waals surface area contributed by atoms with Crippen molar-refractivity contribution < 1.29 is 26.8 Å². The van der Waals surface area contributed by atoms with E-state index in [0.717, 1.165) is 12.1 Å². The molecule has 0 aromatic heterocycles. The molecule has 0 aliphatic carbocycles. The van der Waals surface area contributed by atoms with Crippen molar-refractivity contribution in [2.24, 2.45) is 5.90 Å². The maximum absolute atomic E-state index is 12.8. The van der Waals surface area contributed by atoms with E-state index in [1.165, 1.54) is 0 Å². The number of nitrogens with two attached hydrogens (primary N) is 1. The second-order valence-corrected chi connectivity index (χ2v) is 3.08. The molecule has 0 radical (unpaired) electrons. The van der Waals surface area contributed by atoms with Crippen molar-refractivity contribution in [3.05, 3.63) is 35.4 Å². The molecule has 2 N–H and O–H groups in total. The molecular formula is C9H8F5NO. The second-order valence-electron chi connectivity index (χ2n) is 3.08. The lowest BCUT2D eigenvalue weighted by atomic mass is 10.1. The van der Waals surface area contributed by atoms with E-state index in [4.69, 9.17) is 5.90 Å². The molecule has 16 heavy (non-hydrogen) atoms. The van der Waals surface area contributed by atoms with Crippen LogP contribution in [0.4, 0.5) is 22.0 Å². The van der Waals surface area contributed by atoms with Crippen molar-refractivity contribution in [2.75, 3.05) is 0 Å². The predicted octanol–water partition coefficient (Wildman–Crippen LogP) is 2.73. The monoisotopic (exact) mass is 241 g/mol. The number of rotatable bonds is 3. The van der Waals surface area contributed by atoms with E-state index < -0.39 is 17.7 Å². The lowest BCUT2D eigenvalue weighted by molar-refractivity contribution is -0.289. The highest BCUT2D eigenvalue weighted by Gasteiger charge is 2.58. The van der Waals surface area contributed by atoms with Crippen LogP contribution in [0.5, 0.6) is 0 Å². The van der Waals surface area contributed by atoms with Gasteiger partial charge in [0.05, 0.1) is 6.61 Å². The van der Waals surface area contributed by atoms with Crippen LogP contribution in [-0.2, 0) is 17.4 Å². The molecule has 0 spiro atoms. The van der Waals surface area contributed by atoms with Crippen molar-refractivity contribution in [2.45, 2.75) is 18.7 Å². The van der Waals surface area contributed by atoms with Gasteiger partial charge in [-0.1, -0.05) is 24.3 Å². The third-order valence-electron chi connectivity index (χ3n) is 1.92. The highest BCUT2D eigenvalue weighted by Crippen LogP contribution is 2.43. The number of halogens is 5. The highest BCUT2D eigenvalue weighted by molar-refractivity contribution is 5.26. The van der Waals surface area contributed by atoms with Crippen molar-refractivity contribution in [1.82, 2.24) is 0 Å². The molecule has 1 aromatic rings. The first kappa shape index (κ1) is 12.9. The quantitative estimate of drug-likeness (QED) is 0.652. The van der Waals surface area contributed by atoms with Gasteiger partial charge in [0.1, 0.15) is 0 Å². The zero-order chi connectivity index (χ0) is 12.4. The van der Waals surface area contributed by atoms with Gasteiger partial charge in [0, 0.05) is 5.56 Å². The second kappa shape index (κ2) is 4.34. The Bertz CT molecular complexity index is 346. The van der Waals surface area contributed by atoms with Gasteiger partial charge in [0.2, 0.25) is 0 Å². The van der Waals surface area contributed by atoms with E-state index in [1.54, 1.807) is 0 Å². The number of alkyl halides is 5. The standard InChI is InChI=1S/C9H8F5NO/c10-8(11,9(12,13)14)7-3-1-6(2-4-7)5-16-15/h1-4H,5,15H2. The zero-order valence-electron chi connectivity index (χ0n) is 7.89. The number of benzene rings is 1. The molecule has 0 atom stereocenters. The van der Waals surface area contributed by atoms with Gasteiger partial charge in [-0.15, -0.1) is 0 Å². The van der Waals surface area contributed by atoms with E-state index >= 15 is 0 Å². The van der Waals surface area contributed by atoms with Crippen LogP contribution in [0.1, 0.15) is 11.1 Å². The molecule has 1 aromatic carbocycles. The first-order valence-corrected chi connectivity index (χ1v) is 4.14. The molecule has 0 unspecified atom stereocenters. The molecule has 0 heterocycles. The summed E-state index contributed by atoms with van der Waals surface area (Å²) in [6.07, 6.45) is -5.60. The maximum Gasteiger partial charge on any atom is 0.458 e. The Hall–Kier alpha value is -1.21. The summed E-state index contributed by atoms with van der Waals surface area (Å²) in [6, 6.07) is 3.59. The lowest BCUT2D eigenvalue weighted by Gasteiger charge is -2.19. The van der Waals surface area contributed by atoms with E-state index in [-0.39, 0.29) is 6.61 Å². The van der Waals surface area contributed by atoms with Gasteiger partial charge in [0.15, 0.2) is 0 Å². The molecule has 0 bridgehead atoms. The Labute approximate surface area is 87.8 Å². The summed E-state index contributed by atoms with van der Waals surface area (Å²) in [7, 11) is 0. The summed E-state index contributed by atoms with van der Waals surface area (Å²) in [4.78, 5) is 4.21. The Kier molecular flexibility index (Phi) is 3.49. The molecule has 2 nitrogen and oxygen atoms in total. The van der Waals surface area contributed by atoms with Crippen LogP contribution in [0.3, 0.4) is 0 Å². The minimum atomic E-state index is -5.60. The first-order chi connectivity index (χ1) is 7.29. The Morgan fingerprint density at radius 1 is 1.00 bits per heavy atom. The Balaban J connectivity index is 2.97. The van der Waals surface area contributed by atoms with Gasteiger partial charge >= 0.3 is 12.1 Å². The van der Waals surface area contributed by atoms with Gasteiger partial charge in [-0.05, 0) is 5.56 Å². The van der Waals surface area contributed by atoms with Gasteiger partial charge in [-0.3, -0.25) is 4.84 Å². The third kappa shape index (κ3) is 2.48. The Morgan fingerprint density at radius 3 is 1.88 bits per heavy atom. The zero-order valence-corrected chi connectivity index (χ0v) is 7.89. The van der Waals surface area contributed by atoms with Crippen LogP contribution in [-0.4, -0.2) is 6.18 Å². The molecule has 0 aliphatic rings. The van der Waals surface area contributed by atoms with Gasteiger partial charge < -0.3 is 0 Å². The van der Waals surface area contributed by atoms with Gasteiger partial charge in [-0.25, -0.2) is 5.90 Å². The summed E-state index contributed by atoms with van der Waals surface area (Å²) in [6.45, 7) is -0.0577. The summed E-state index contributed by atoms with van der Waals surface area (Å²) >= 11 is 0. The van der Waals surface area contributed by atoms with Crippen molar-refractivity contribution in [3.8, 4) is 0 Å². The molecule has 0 fully saturated rings. The fourth-order valence-electron chi connectivity index (χ4n) is 1.07. The first-order valence-electron chi connectivity index (χ1n) is 4.14. The van der Waals surface area contributed by atoms with Crippen LogP contribution < -0.4 is 5.90 Å². The molecular weight excluding hydrogens is 233 g/mol. The third-order valence-corrected chi connectivity index (χ3v) is 1.92. The summed E-state index contributed by atoms with van der Waals surface area (Å²) in [5.41, 5.74) is -0.704. The van der Waals surface area contributed by atoms with Crippen molar-refractivity contribution in [1.29, 1.82) is 0 Å². The predicted molar refractivity (Wildman–Crippen MR) is 45.4 cm³/mol. The molecule has 0 amide bonds. The smallest absolute Gasteiger partial charge is 0.300 e. The fourth-order valence-corrected chi connectivity index (χ4v) is 1.07. The number of hydrogen-bond donors (Lipinski definition) is 1. The molecule has 0 saturated heterocycles. The van der Waals surface area contributed by atoms with Gasteiger partial charge in [-0.2, -0.15) is 22.0 Å². The van der Waals surface area contributed by atoms with Crippen molar-refractivity contribution in [3.63, 3.8) is 0 Å². The minimum absolute atomic E-state index is 0.0577. The lowest BCUT2D eigenvalue weighted by Crippen LogP contribution is -2.33. The summed E-state index contributed by atoms with van der Waals surface area (Å²) < 4.78 is 61.5. The number of hydrogen-bond acceptors (Lipinski definition) is 2. The van der Waals surface area contributed by atoms with Crippen LogP contribution in [0.25, 0.3) is 0 Å². The average Bonchev–Trinajstić information content (AvgIpc) is 2.17. The van der Waals surface area contributed by atoms with Crippen molar-refractivity contribution >= 4 is 0 Å². The average molecular weight is 241 g/mol. The topological polar surface area (TPSA) is 35.2 Å². The van der Waals surface area contributed by atoms with E-state index in [1.807, 2.05) is 0 Å². The molecule has 0 saturated carbocycles. The van der Waals surface area contributed by atoms with E-state index in [9.17, 15) is 22.0 Å². The van der Waals surface area contributed by atoms with Gasteiger partial charge in [0.25, 0.3) is 0 Å². The van der Waals surface area contributed by atoms with Crippen LogP contribution in [0, 0.1) is 0 Å². The minimum Gasteiger partial charge on any atom is -0.300 e. The summed E-state index contributed by atoms with van der Waals surface area (Å²) in [5, 5.41) is 0. The molecule has 90 valence electrons. The van der Waals surface area contributed by atoms with Crippen LogP contribution in [0.15, 0.2) is 24.3 Å². The maximum atomic E-state index is 12.8. The van der Waals surface area contributed by atoms with E-state index in [2.05, 4.69) is 4.84 Å². The van der Waals surface area contributed by atoms with Crippen LogP contribution in [0.2, 0.25) is 0 Å². The SMILES string of the molecule is NOCc1ccc(C(F)(F)C(F)(F)F)cc1. The molecule has 1 rings (SSSR count). The largest absolute Gasteiger partial charge is 0.458 e.